The van der Waals surface area contributed by atoms with Gasteiger partial charge in [-0.1, -0.05) is 11.8 Å². The number of aromatic nitrogens is 4. The number of nitrogens with two attached hydrogens (primary N) is 1. The van der Waals surface area contributed by atoms with Crippen molar-refractivity contribution in [2.24, 2.45) is 0 Å². The Labute approximate surface area is 128 Å². The highest BCUT2D eigenvalue weighted by atomic mass is 32.2. The van der Waals surface area contributed by atoms with E-state index in [1.54, 1.807) is 6.26 Å². The molecule has 118 valence electrons. The zero-order valence-corrected chi connectivity index (χ0v) is 12.6. The number of hydrogen-bond acceptors (Lipinski definition) is 8. The van der Waals surface area contributed by atoms with E-state index < -0.39 is 29.6 Å². The largest absolute Gasteiger partial charge is 0.387 e. The first-order valence-corrected chi connectivity index (χ1v) is 7.84. The molecule has 22 heavy (non-hydrogen) atoms. The zero-order valence-electron chi connectivity index (χ0n) is 11.8. The van der Waals surface area contributed by atoms with Crippen LogP contribution in [-0.2, 0) is 4.74 Å². The summed E-state index contributed by atoms with van der Waals surface area (Å²) in [5, 5.41) is 24.5. The molecule has 0 radical (unpaired) electrons. The molecule has 4 N–H and O–H groups in total. The Morgan fingerprint density at radius 2 is 2.27 bits per heavy atom. The van der Waals surface area contributed by atoms with E-state index in [1.165, 1.54) is 29.4 Å². The van der Waals surface area contributed by atoms with Gasteiger partial charge in [-0.2, -0.15) is 0 Å². The van der Waals surface area contributed by atoms with E-state index in [4.69, 9.17) is 10.5 Å². The number of thioether (sulfide) groups is 1. The van der Waals surface area contributed by atoms with Crippen LogP contribution in [0.3, 0.4) is 0 Å². The number of aliphatic hydroxyl groups excluding tert-OH is 1. The summed E-state index contributed by atoms with van der Waals surface area (Å²) in [5.74, 6) is 0.174. The highest BCUT2D eigenvalue weighted by Gasteiger charge is 2.83. The van der Waals surface area contributed by atoms with Crippen LogP contribution in [0.2, 0.25) is 0 Å². The Bertz CT molecular complexity index is 783. The number of hydrogen-bond donors (Lipinski definition) is 3. The normalized spacial score (nSPS) is 40.1. The predicted molar refractivity (Wildman–Crippen MR) is 75.1 cm³/mol. The lowest BCUT2D eigenvalue weighted by atomic mass is 9.91. The lowest BCUT2D eigenvalue weighted by Gasteiger charge is -2.28. The minimum atomic E-state index is -2.17. The minimum absolute atomic E-state index is 0.174. The number of rotatable bonds is 2. The lowest BCUT2D eigenvalue weighted by Crippen LogP contribution is -2.43. The van der Waals surface area contributed by atoms with Crippen molar-refractivity contribution < 1.29 is 19.3 Å². The fraction of sp³-hybridized carbons (Fsp3) is 0.583. The van der Waals surface area contributed by atoms with Crippen LogP contribution in [0.25, 0.3) is 5.65 Å². The summed E-state index contributed by atoms with van der Waals surface area (Å²) in [6, 6.07) is 0. The lowest BCUT2D eigenvalue weighted by molar-refractivity contribution is -0.0885. The maximum atomic E-state index is 15.1. The molecule has 10 heteroatoms. The SMILES string of the molecule is CSc1nc(N)c2ncc(C3OC4C(O)C4(O)C3(C)F)n2n1. The van der Waals surface area contributed by atoms with Gasteiger partial charge in [-0.05, 0) is 13.2 Å². The summed E-state index contributed by atoms with van der Waals surface area (Å²) in [6.45, 7) is 1.20. The fourth-order valence-corrected chi connectivity index (χ4v) is 3.42. The topological polar surface area (TPSA) is 119 Å². The number of fused-ring (bicyclic) bond motifs is 2. The highest BCUT2D eigenvalue weighted by Crippen LogP contribution is 2.62. The van der Waals surface area contributed by atoms with Crippen LogP contribution < -0.4 is 5.73 Å². The second kappa shape index (κ2) is 4.07. The molecule has 0 bridgehead atoms. The molecule has 0 spiro atoms. The smallest absolute Gasteiger partial charge is 0.209 e. The first kappa shape index (κ1) is 14.1. The Balaban J connectivity index is 1.85. The number of nitrogen functional groups attached to an aromatic ring is 1. The van der Waals surface area contributed by atoms with Crippen molar-refractivity contribution in [1.29, 1.82) is 0 Å². The predicted octanol–water partition coefficient (Wildman–Crippen LogP) is -0.298. The minimum Gasteiger partial charge on any atom is -0.387 e. The van der Waals surface area contributed by atoms with Gasteiger partial charge in [0.15, 0.2) is 22.7 Å². The molecule has 2 fully saturated rings. The number of ether oxygens (including phenoxy) is 1. The quantitative estimate of drug-likeness (QED) is 0.644. The van der Waals surface area contributed by atoms with Crippen molar-refractivity contribution in [2.45, 2.75) is 41.7 Å². The number of alkyl halides is 1. The van der Waals surface area contributed by atoms with Crippen LogP contribution in [0.4, 0.5) is 10.2 Å². The molecule has 5 unspecified atom stereocenters. The average molecular weight is 327 g/mol. The second-order valence-electron chi connectivity index (χ2n) is 5.68. The van der Waals surface area contributed by atoms with Crippen molar-refractivity contribution in [2.75, 3.05) is 12.0 Å². The van der Waals surface area contributed by atoms with Crippen LogP contribution in [0.15, 0.2) is 11.4 Å². The van der Waals surface area contributed by atoms with E-state index in [0.717, 1.165) is 0 Å². The van der Waals surface area contributed by atoms with Crippen LogP contribution in [0.5, 0.6) is 0 Å². The fourth-order valence-electron chi connectivity index (χ4n) is 3.07. The van der Waals surface area contributed by atoms with Gasteiger partial charge in [0.2, 0.25) is 5.16 Å². The van der Waals surface area contributed by atoms with Crippen molar-refractivity contribution >= 4 is 23.2 Å². The number of nitrogens with zero attached hydrogens (tertiary/aromatic N) is 4. The summed E-state index contributed by atoms with van der Waals surface area (Å²) in [5.41, 5.74) is 2.36. The number of anilines is 1. The molecule has 1 saturated heterocycles. The molecule has 2 aromatic heterocycles. The Kier molecular flexibility index (Phi) is 2.62. The van der Waals surface area contributed by atoms with Crippen molar-refractivity contribution in [1.82, 2.24) is 19.6 Å². The summed E-state index contributed by atoms with van der Waals surface area (Å²) >= 11 is 1.29. The summed E-state index contributed by atoms with van der Waals surface area (Å²) in [7, 11) is 0. The first-order chi connectivity index (χ1) is 10.3. The molecule has 2 aliphatic rings. The first-order valence-electron chi connectivity index (χ1n) is 6.62. The molecule has 2 aromatic rings. The second-order valence-corrected chi connectivity index (χ2v) is 6.46. The van der Waals surface area contributed by atoms with E-state index in [0.29, 0.717) is 16.5 Å². The molecular formula is C12H14FN5O3S. The standard InChI is InChI=1S/C12H14FN5O3S/c1-11(13)6(21-7-5(19)12(7,11)20)4-3-15-9-8(14)16-10(22-2)17-18(4)9/h3,5-7,19-20H,1-2H3,(H2,14,16,17). The molecule has 1 aliphatic carbocycles. The Hall–Kier alpha value is -1.49. The molecule has 1 aliphatic heterocycles. The van der Waals surface area contributed by atoms with Crippen LogP contribution in [-0.4, -0.2) is 59.5 Å². The van der Waals surface area contributed by atoms with Crippen LogP contribution in [0.1, 0.15) is 18.7 Å². The third kappa shape index (κ3) is 1.45. The van der Waals surface area contributed by atoms with Crippen molar-refractivity contribution in [3.63, 3.8) is 0 Å². The van der Waals surface area contributed by atoms with Crippen LogP contribution >= 0.6 is 11.8 Å². The van der Waals surface area contributed by atoms with E-state index in [2.05, 4.69) is 15.1 Å². The van der Waals surface area contributed by atoms with Gasteiger partial charge in [0.25, 0.3) is 0 Å². The average Bonchev–Trinajstić information content (AvgIpc) is 2.78. The van der Waals surface area contributed by atoms with E-state index in [9.17, 15) is 10.2 Å². The zero-order chi connectivity index (χ0) is 15.9. The molecule has 4 rings (SSSR count). The van der Waals surface area contributed by atoms with Gasteiger partial charge < -0.3 is 20.7 Å². The third-order valence-corrected chi connectivity index (χ3v) is 5.00. The van der Waals surface area contributed by atoms with E-state index in [1.807, 2.05) is 0 Å². The monoisotopic (exact) mass is 327 g/mol. The van der Waals surface area contributed by atoms with Gasteiger partial charge in [-0.25, -0.2) is 18.9 Å². The summed E-state index contributed by atoms with van der Waals surface area (Å²) in [4.78, 5) is 8.17. The highest BCUT2D eigenvalue weighted by molar-refractivity contribution is 7.98. The van der Waals surface area contributed by atoms with Gasteiger partial charge in [0.05, 0.1) is 11.9 Å². The van der Waals surface area contributed by atoms with Crippen molar-refractivity contribution in [3.8, 4) is 0 Å². The van der Waals surface area contributed by atoms with Gasteiger partial charge in [-0.3, -0.25) is 0 Å². The third-order valence-electron chi connectivity index (χ3n) is 4.47. The van der Waals surface area contributed by atoms with Gasteiger partial charge in [-0.15, -0.1) is 5.10 Å². The number of imidazole rings is 1. The molecule has 1 saturated carbocycles. The van der Waals surface area contributed by atoms with Gasteiger partial charge in [0, 0.05) is 0 Å². The molecule has 8 nitrogen and oxygen atoms in total. The van der Waals surface area contributed by atoms with Gasteiger partial charge in [0.1, 0.15) is 18.3 Å². The molecular weight excluding hydrogens is 313 g/mol. The van der Waals surface area contributed by atoms with Crippen LogP contribution in [0, 0.1) is 0 Å². The summed E-state index contributed by atoms with van der Waals surface area (Å²) < 4.78 is 21.9. The summed E-state index contributed by atoms with van der Waals surface area (Å²) in [6.07, 6.45) is -0.0915. The molecule has 3 heterocycles. The maximum Gasteiger partial charge on any atom is 0.209 e. The van der Waals surface area contributed by atoms with E-state index >= 15 is 4.39 Å². The van der Waals surface area contributed by atoms with Gasteiger partial charge >= 0.3 is 0 Å². The van der Waals surface area contributed by atoms with Crippen molar-refractivity contribution in [3.05, 3.63) is 11.9 Å². The maximum absolute atomic E-state index is 15.1. The Morgan fingerprint density at radius 1 is 1.55 bits per heavy atom. The molecule has 5 atom stereocenters. The number of halogens is 1. The molecule has 0 amide bonds. The Morgan fingerprint density at radius 3 is 2.86 bits per heavy atom. The molecule has 0 aromatic carbocycles. The van der Waals surface area contributed by atoms with E-state index in [-0.39, 0.29) is 5.82 Å². The number of aliphatic hydroxyl groups is 2.